The molecule has 0 bridgehead atoms. The molecule has 0 atom stereocenters. The third-order valence-electron chi connectivity index (χ3n) is 6.03. The standard InChI is InChI=1S/C22H29N3O4S/c1-22(2,3)19-14-20(24-29-19)23-21(26)16-9-11-25(12-10-16)30(27,28)18-8-7-15-5-4-6-17(15)13-18/h7-8,13-14,16H,4-6,9-12H2,1-3H3,(H,23,24,26). The molecule has 0 radical (unpaired) electrons. The smallest absolute Gasteiger partial charge is 0.243 e. The van der Waals surface area contributed by atoms with E-state index in [9.17, 15) is 13.2 Å². The number of carbonyl (C=O) groups excluding carboxylic acids is 1. The van der Waals surface area contributed by atoms with E-state index in [2.05, 4.69) is 10.5 Å². The lowest BCUT2D eigenvalue weighted by molar-refractivity contribution is -0.120. The van der Waals surface area contributed by atoms with Gasteiger partial charge in [0.15, 0.2) is 5.82 Å². The molecule has 0 saturated carbocycles. The predicted molar refractivity (Wildman–Crippen MR) is 114 cm³/mol. The van der Waals surface area contributed by atoms with Crippen molar-refractivity contribution in [1.82, 2.24) is 9.46 Å². The number of hydrogen-bond acceptors (Lipinski definition) is 5. The highest BCUT2D eigenvalue weighted by Gasteiger charge is 2.33. The fourth-order valence-corrected chi connectivity index (χ4v) is 5.65. The van der Waals surface area contributed by atoms with Crippen LogP contribution in [0.1, 0.15) is 56.9 Å². The molecule has 1 fully saturated rings. The minimum absolute atomic E-state index is 0.140. The second-order valence-corrected chi connectivity index (χ2v) is 11.2. The van der Waals surface area contributed by atoms with Crippen LogP contribution in [0.2, 0.25) is 0 Å². The average molecular weight is 432 g/mol. The summed E-state index contributed by atoms with van der Waals surface area (Å²) < 4.78 is 32.9. The lowest BCUT2D eigenvalue weighted by Crippen LogP contribution is -2.41. The Labute approximate surface area is 177 Å². The molecule has 1 aromatic heterocycles. The number of piperidine rings is 1. The summed E-state index contributed by atoms with van der Waals surface area (Å²) in [7, 11) is -3.53. The molecule has 7 nitrogen and oxygen atoms in total. The lowest BCUT2D eigenvalue weighted by Gasteiger charge is -2.30. The van der Waals surface area contributed by atoms with E-state index in [1.165, 1.54) is 9.87 Å². The van der Waals surface area contributed by atoms with E-state index < -0.39 is 10.0 Å². The van der Waals surface area contributed by atoms with Crippen LogP contribution < -0.4 is 5.32 Å². The number of hydrogen-bond donors (Lipinski definition) is 1. The zero-order chi connectivity index (χ0) is 21.5. The summed E-state index contributed by atoms with van der Waals surface area (Å²) in [5.74, 6) is 0.718. The fraction of sp³-hybridized carbons (Fsp3) is 0.545. The summed E-state index contributed by atoms with van der Waals surface area (Å²) >= 11 is 0. The van der Waals surface area contributed by atoms with E-state index in [-0.39, 0.29) is 17.2 Å². The molecule has 1 amide bonds. The summed E-state index contributed by atoms with van der Waals surface area (Å²) in [6.07, 6.45) is 4.03. The molecule has 1 N–H and O–H groups in total. The topological polar surface area (TPSA) is 92.5 Å². The van der Waals surface area contributed by atoms with Crippen molar-refractivity contribution >= 4 is 21.7 Å². The second-order valence-electron chi connectivity index (χ2n) is 9.28. The maximum Gasteiger partial charge on any atom is 0.243 e. The van der Waals surface area contributed by atoms with Crippen LogP contribution in [0, 0.1) is 5.92 Å². The van der Waals surface area contributed by atoms with Crippen molar-refractivity contribution in [3.8, 4) is 0 Å². The Balaban J connectivity index is 1.37. The minimum Gasteiger partial charge on any atom is -0.359 e. The van der Waals surface area contributed by atoms with Gasteiger partial charge < -0.3 is 9.84 Å². The van der Waals surface area contributed by atoms with Gasteiger partial charge in [0.25, 0.3) is 0 Å². The molecule has 1 aliphatic heterocycles. The van der Waals surface area contributed by atoms with Gasteiger partial charge in [0, 0.05) is 30.5 Å². The summed E-state index contributed by atoms with van der Waals surface area (Å²) in [5.41, 5.74) is 2.21. The first-order valence-electron chi connectivity index (χ1n) is 10.5. The highest BCUT2D eigenvalue weighted by Crippen LogP contribution is 2.29. The Hall–Kier alpha value is -2.19. The van der Waals surface area contributed by atoms with E-state index in [1.807, 2.05) is 32.9 Å². The van der Waals surface area contributed by atoms with Gasteiger partial charge in [0.2, 0.25) is 15.9 Å². The van der Waals surface area contributed by atoms with Crippen molar-refractivity contribution < 1.29 is 17.7 Å². The quantitative estimate of drug-likeness (QED) is 0.800. The maximum absolute atomic E-state index is 13.1. The molecule has 8 heteroatoms. The first-order valence-corrected chi connectivity index (χ1v) is 12.0. The van der Waals surface area contributed by atoms with Gasteiger partial charge in [0.1, 0.15) is 5.76 Å². The Morgan fingerprint density at radius 3 is 2.50 bits per heavy atom. The number of aryl methyl sites for hydroxylation is 2. The molecule has 2 heterocycles. The third-order valence-corrected chi connectivity index (χ3v) is 7.93. The molecule has 2 aliphatic rings. The number of carbonyl (C=O) groups is 1. The van der Waals surface area contributed by atoms with Gasteiger partial charge in [-0.25, -0.2) is 8.42 Å². The minimum atomic E-state index is -3.53. The number of benzene rings is 1. The van der Waals surface area contributed by atoms with Crippen molar-refractivity contribution in [2.75, 3.05) is 18.4 Å². The van der Waals surface area contributed by atoms with Crippen molar-refractivity contribution in [2.45, 2.75) is 63.2 Å². The zero-order valence-electron chi connectivity index (χ0n) is 17.8. The molecule has 0 spiro atoms. The van der Waals surface area contributed by atoms with E-state index in [0.29, 0.717) is 42.4 Å². The molecular weight excluding hydrogens is 402 g/mol. The normalized spacial score (nSPS) is 18.4. The highest BCUT2D eigenvalue weighted by atomic mass is 32.2. The Morgan fingerprint density at radius 1 is 1.13 bits per heavy atom. The maximum atomic E-state index is 13.1. The fourth-order valence-electron chi connectivity index (χ4n) is 4.13. The van der Waals surface area contributed by atoms with E-state index in [0.717, 1.165) is 24.8 Å². The van der Waals surface area contributed by atoms with E-state index in [1.54, 1.807) is 12.1 Å². The number of sulfonamides is 1. The lowest BCUT2D eigenvalue weighted by atomic mass is 9.93. The summed E-state index contributed by atoms with van der Waals surface area (Å²) in [4.78, 5) is 13.0. The summed E-state index contributed by atoms with van der Waals surface area (Å²) in [6.45, 7) is 6.70. The van der Waals surface area contributed by atoms with Gasteiger partial charge in [-0.05, 0) is 55.4 Å². The largest absolute Gasteiger partial charge is 0.359 e. The van der Waals surface area contributed by atoms with Gasteiger partial charge in [-0.15, -0.1) is 0 Å². The van der Waals surface area contributed by atoms with Gasteiger partial charge in [-0.1, -0.05) is 32.0 Å². The molecule has 1 aliphatic carbocycles. The number of amides is 1. The highest BCUT2D eigenvalue weighted by molar-refractivity contribution is 7.89. The van der Waals surface area contributed by atoms with Crippen LogP contribution >= 0.6 is 0 Å². The predicted octanol–water partition coefficient (Wildman–Crippen LogP) is 3.50. The van der Waals surface area contributed by atoms with E-state index in [4.69, 9.17) is 4.52 Å². The van der Waals surface area contributed by atoms with Crippen molar-refractivity contribution in [3.63, 3.8) is 0 Å². The molecule has 1 aromatic carbocycles. The van der Waals surface area contributed by atoms with Gasteiger partial charge in [-0.2, -0.15) is 4.31 Å². The van der Waals surface area contributed by atoms with Crippen LogP contribution in [0.4, 0.5) is 5.82 Å². The SMILES string of the molecule is CC(C)(C)c1cc(NC(=O)C2CCN(S(=O)(=O)c3ccc4c(c3)CCC4)CC2)no1. The molecule has 2 aromatic rings. The Morgan fingerprint density at radius 2 is 1.83 bits per heavy atom. The molecule has 1 saturated heterocycles. The Kier molecular flexibility index (Phi) is 5.48. The number of nitrogens with zero attached hydrogens (tertiary/aromatic N) is 2. The van der Waals surface area contributed by atoms with Crippen LogP contribution in [-0.4, -0.2) is 36.9 Å². The van der Waals surface area contributed by atoms with Crippen LogP contribution in [0.3, 0.4) is 0 Å². The van der Waals surface area contributed by atoms with E-state index >= 15 is 0 Å². The van der Waals surface area contributed by atoms with Crippen LogP contribution in [0.5, 0.6) is 0 Å². The summed E-state index contributed by atoms with van der Waals surface area (Å²) in [6, 6.07) is 7.23. The third kappa shape index (κ3) is 4.16. The van der Waals surface area contributed by atoms with Crippen LogP contribution in [0.15, 0.2) is 33.7 Å². The second kappa shape index (κ2) is 7.81. The summed E-state index contributed by atoms with van der Waals surface area (Å²) in [5, 5.41) is 6.73. The van der Waals surface area contributed by atoms with Crippen LogP contribution in [0.25, 0.3) is 0 Å². The van der Waals surface area contributed by atoms with Crippen molar-refractivity contribution in [3.05, 3.63) is 41.2 Å². The zero-order valence-corrected chi connectivity index (χ0v) is 18.6. The number of anilines is 1. The average Bonchev–Trinajstić information content (AvgIpc) is 3.36. The first-order chi connectivity index (χ1) is 14.1. The molecular formula is C22H29N3O4S. The molecule has 162 valence electrons. The Bertz CT molecular complexity index is 1040. The number of fused-ring (bicyclic) bond motifs is 1. The van der Waals surface area contributed by atoms with Crippen molar-refractivity contribution in [2.24, 2.45) is 5.92 Å². The van der Waals surface area contributed by atoms with Crippen molar-refractivity contribution in [1.29, 1.82) is 0 Å². The number of rotatable bonds is 4. The van der Waals surface area contributed by atoms with Crippen LogP contribution in [-0.2, 0) is 33.1 Å². The monoisotopic (exact) mass is 431 g/mol. The molecule has 0 unspecified atom stereocenters. The van der Waals surface area contributed by atoms with Gasteiger partial charge >= 0.3 is 0 Å². The van der Waals surface area contributed by atoms with Gasteiger partial charge in [0.05, 0.1) is 4.90 Å². The number of nitrogens with one attached hydrogen (secondary N) is 1. The number of aromatic nitrogens is 1. The molecule has 4 rings (SSSR count). The first kappa shape index (κ1) is 21.1. The van der Waals surface area contributed by atoms with Gasteiger partial charge in [-0.3, -0.25) is 4.79 Å². The molecule has 30 heavy (non-hydrogen) atoms.